The minimum atomic E-state index is -4.48. The van der Waals surface area contributed by atoms with Crippen molar-refractivity contribution in [2.75, 3.05) is 6.54 Å². The first kappa shape index (κ1) is 24.6. The van der Waals surface area contributed by atoms with Gasteiger partial charge in [0.25, 0.3) is 11.8 Å². The molecule has 0 N–H and O–H groups in total. The van der Waals surface area contributed by atoms with Gasteiger partial charge in [-0.05, 0) is 37.3 Å². The summed E-state index contributed by atoms with van der Waals surface area (Å²) in [5.41, 5.74) is 1.73. The summed E-state index contributed by atoms with van der Waals surface area (Å²) in [4.78, 5) is 33.8. The zero-order valence-electron chi connectivity index (χ0n) is 19.0. The molecule has 0 saturated heterocycles. The number of benzene rings is 1. The van der Waals surface area contributed by atoms with E-state index < -0.39 is 11.7 Å². The van der Waals surface area contributed by atoms with E-state index >= 15 is 0 Å². The number of amides is 2. The third-order valence-corrected chi connectivity index (χ3v) is 7.23. The van der Waals surface area contributed by atoms with Gasteiger partial charge in [0.2, 0.25) is 0 Å². The second kappa shape index (κ2) is 9.08. The van der Waals surface area contributed by atoms with E-state index in [-0.39, 0.29) is 36.0 Å². The fraction of sp³-hybridized carbons (Fsp3) is 0.333. The highest BCUT2D eigenvalue weighted by Crippen LogP contribution is 2.32. The van der Waals surface area contributed by atoms with Crippen LogP contribution < -0.4 is 0 Å². The Hall–Kier alpha value is -3.11. The van der Waals surface area contributed by atoms with Gasteiger partial charge in [-0.2, -0.15) is 18.3 Å². The summed E-state index contributed by atoms with van der Waals surface area (Å²) in [5.74, 6) is -0.533. The number of hydrogen-bond donors (Lipinski definition) is 0. The summed E-state index contributed by atoms with van der Waals surface area (Å²) >= 11 is 12.1. The predicted molar refractivity (Wildman–Crippen MR) is 126 cm³/mol. The molecule has 2 aliphatic rings. The number of pyridine rings is 1. The van der Waals surface area contributed by atoms with Crippen molar-refractivity contribution in [1.29, 1.82) is 0 Å². The summed E-state index contributed by atoms with van der Waals surface area (Å²) in [6.07, 6.45) is -3.23. The van der Waals surface area contributed by atoms with E-state index in [9.17, 15) is 22.8 Å². The van der Waals surface area contributed by atoms with Crippen molar-refractivity contribution >= 4 is 35.0 Å². The molecule has 2 amide bonds. The SMILES string of the molecule is C[C@@H]1Cc2nn3c(c2CN1C(=O)c1ccc(Cl)c(Cl)c1)C(=O)N(Cc1ccc(C(F)(F)F)cn1)CC3. The highest BCUT2D eigenvalue weighted by atomic mass is 35.5. The molecule has 0 bridgehead atoms. The predicted octanol–water partition coefficient (Wildman–Crippen LogP) is 4.85. The van der Waals surface area contributed by atoms with Crippen LogP contribution in [0.2, 0.25) is 10.0 Å². The Balaban J connectivity index is 1.38. The molecule has 3 aromatic rings. The van der Waals surface area contributed by atoms with E-state index in [1.54, 1.807) is 21.7 Å². The molecular formula is C24H20Cl2F3N5O2. The normalized spacial score (nSPS) is 17.7. The quantitative estimate of drug-likeness (QED) is 0.479. The lowest BCUT2D eigenvalue weighted by Crippen LogP contribution is -2.44. The van der Waals surface area contributed by atoms with Crippen molar-refractivity contribution in [1.82, 2.24) is 24.6 Å². The molecule has 0 aliphatic carbocycles. The van der Waals surface area contributed by atoms with Gasteiger partial charge in [-0.25, -0.2) is 0 Å². The van der Waals surface area contributed by atoms with Crippen molar-refractivity contribution < 1.29 is 22.8 Å². The van der Waals surface area contributed by atoms with Gasteiger partial charge in [0.05, 0.1) is 46.6 Å². The number of hydrogen-bond acceptors (Lipinski definition) is 4. The average molecular weight is 538 g/mol. The molecule has 12 heteroatoms. The molecule has 4 heterocycles. The summed E-state index contributed by atoms with van der Waals surface area (Å²) in [5, 5.41) is 5.24. The highest BCUT2D eigenvalue weighted by Gasteiger charge is 2.37. The van der Waals surface area contributed by atoms with E-state index in [4.69, 9.17) is 23.2 Å². The Kier molecular flexibility index (Phi) is 6.20. The third-order valence-electron chi connectivity index (χ3n) is 6.49. The van der Waals surface area contributed by atoms with Crippen LogP contribution in [0.3, 0.4) is 0 Å². The molecule has 188 valence electrons. The molecule has 0 saturated carbocycles. The molecule has 0 fully saturated rings. The number of aromatic nitrogens is 3. The van der Waals surface area contributed by atoms with Crippen molar-refractivity contribution in [3.63, 3.8) is 0 Å². The molecule has 5 rings (SSSR count). The third kappa shape index (κ3) is 4.43. The maximum absolute atomic E-state index is 13.4. The molecule has 0 radical (unpaired) electrons. The Labute approximate surface area is 214 Å². The molecular weight excluding hydrogens is 518 g/mol. The number of rotatable bonds is 3. The van der Waals surface area contributed by atoms with Crippen molar-refractivity contribution in [3.05, 3.63) is 80.3 Å². The molecule has 1 aromatic carbocycles. The van der Waals surface area contributed by atoms with E-state index in [1.165, 1.54) is 17.0 Å². The number of carbonyl (C=O) groups excluding carboxylic acids is 2. The van der Waals surface area contributed by atoms with Crippen LogP contribution in [-0.2, 0) is 32.2 Å². The van der Waals surface area contributed by atoms with Crippen LogP contribution in [0.15, 0.2) is 36.5 Å². The minimum Gasteiger partial charge on any atom is -0.331 e. The van der Waals surface area contributed by atoms with Gasteiger partial charge in [-0.3, -0.25) is 19.3 Å². The van der Waals surface area contributed by atoms with Crippen LogP contribution in [0.5, 0.6) is 0 Å². The number of fused-ring (bicyclic) bond motifs is 3. The minimum absolute atomic E-state index is 0.0687. The largest absolute Gasteiger partial charge is 0.417 e. The standard InChI is InChI=1S/C24H20Cl2F3N5O2/c1-13-8-20-17(12-33(13)22(35)14-2-5-18(25)19(26)9-14)21-23(36)32(6-7-34(21)31-20)11-16-4-3-15(10-30-16)24(27,28)29/h2-5,9-10,13H,6-8,11-12H2,1H3/t13-/m1/s1. The van der Waals surface area contributed by atoms with E-state index in [2.05, 4.69) is 10.1 Å². The number of carbonyl (C=O) groups is 2. The summed E-state index contributed by atoms with van der Waals surface area (Å²) in [7, 11) is 0. The molecule has 2 aromatic heterocycles. The van der Waals surface area contributed by atoms with Crippen molar-refractivity contribution in [3.8, 4) is 0 Å². The van der Waals surface area contributed by atoms with Gasteiger partial charge < -0.3 is 9.80 Å². The Morgan fingerprint density at radius 2 is 1.92 bits per heavy atom. The van der Waals surface area contributed by atoms with Gasteiger partial charge in [0.15, 0.2) is 0 Å². The first-order valence-electron chi connectivity index (χ1n) is 11.2. The number of alkyl halides is 3. The Bertz CT molecular complexity index is 1360. The highest BCUT2D eigenvalue weighted by molar-refractivity contribution is 6.42. The average Bonchev–Trinajstić information content (AvgIpc) is 3.19. The summed E-state index contributed by atoms with van der Waals surface area (Å²) < 4.78 is 40.2. The number of halogens is 5. The van der Waals surface area contributed by atoms with Crippen molar-refractivity contribution in [2.45, 2.75) is 45.2 Å². The topological polar surface area (TPSA) is 71.3 Å². The molecule has 2 aliphatic heterocycles. The van der Waals surface area contributed by atoms with Gasteiger partial charge >= 0.3 is 6.18 Å². The maximum atomic E-state index is 13.4. The fourth-order valence-electron chi connectivity index (χ4n) is 4.56. The molecule has 1 atom stereocenters. The van der Waals surface area contributed by atoms with Crippen LogP contribution >= 0.6 is 23.2 Å². The zero-order valence-corrected chi connectivity index (χ0v) is 20.5. The summed E-state index contributed by atoms with van der Waals surface area (Å²) in [6, 6.07) is 6.77. The van der Waals surface area contributed by atoms with Crippen LogP contribution in [0.25, 0.3) is 0 Å². The lowest BCUT2D eigenvalue weighted by Gasteiger charge is -2.34. The van der Waals surface area contributed by atoms with Crippen LogP contribution in [0, 0.1) is 0 Å². The first-order chi connectivity index (χ1) is 17.0. The monoisotopic (exact) mass is 537 g/mol. The maximum Gasteiger partial charge on any atom is 0.417 e. The lowest BCUT2D eigenvalue weighted by atomic mass is 9.97. The Morgan fingerprint density at radius 1 is 1.14 bits per heavy atom. The molecule has 7 nitrogen and oxygen atoms in total. The Morgan fingerprint density at radius 3 is 2.58 bits per heavy atom. The molecule has 0 spiro atoms. The van der Waals surface area contributed by atoms with Gasteiger partial charge in [0, 0.05) is 36.3 Å². The van der Waals surface area contributed by atoms with Crippen LogP contribution in [-0.4, -0.2) is 49.0 Å². The smallest absolute Gasteiger partial charge is 0.331 e. The van der Waals surface area contributed by atoms with Gasteiger partial charge in [-0.1, -0.05) is 23.2 Å². The second-order valence-corrected chi connectivity index (χ2v) is 9.69. The molecule has 0 unspecified atom stereocenters. The fourth-order valence-corrected chi connectivity index (χ4v) is 4.86. The first-order valence-corrected chi connectivity index (χ1v) is 11.9. The van der Waals surface area contributed by atoms with Crippen LogP contribution in [0.4, 0.5) is 13.2 Å². The van der Waals surface area contributed by atoms with Gasteiger partial charge in [0.1, 0.15) is 5.69 Å². The number of nitrogens with zero attached hydrogens (tertiary/aromatic N) is 5. The van der Waals surface area contributed by atoms with Crippen molar-refractivity contribution in [2.24, 2.45) is 0 Å². The molecule has 36 heavy (non-hydrogen) atoms. The summed E-state index contributed by atoms with van der Waals surface area (Å²) in [6.45, 7) is 2.96. The van der Waals surface area contributed by atoms with Gasteiger partial charge in [-0.15, -0.1) is 0 Å². The van der Waals surface area contributed by atoms with E-state index in [0.717, 1.165) is 18.0 Å². The lowest BCUT2D eigenvalue weighted by molar-refractivity contribution is -0.137. The van der Waals surface area contributed by atoms with E-state index in [0.29, 0.717) is 47.0 Å². The zero-order chi connectivity index (χ0) is 25.8. The van der Waals surface area contributed by atoms with E-state index in [1.807, 2.05) is 6.92 Å². The van der Waals surface area contributed by atoms with Crippen LogP contribution in [0.1, 0.15) is 50.3 Å². The second-order valence-electron chi connectivity index (χ2n) is 8.87.